The number of ether oxygens (including phenoxy) is 2. The summed E-state index contributed by atoms with van der Waals surface area (Å²) >= 11 is 0. The summed E-state index contributed by atoms with van der Waals surface area (Å²) in [7, 11) is -4.25. The molecule has 0 saturated heterocycles. The molecule has 0 spiro atoms. The number of unbranched alkanes of at least 4 members (excludes halogenated alkanes) is 16. The molecular formula is C28H58NO7P. The van der Waals surface area contributed by atoms with Gasteiger partial charge < -0.3 is 20.1 Å². The Hall–Kier alpha value is -0.500. The first-order valence-electron chi connectivity index (χ1n) is 15.0. The minimum atomic E-state index is -4.25. The van der Waals surface area contributed by atoms with Gasteiger partial charge in [-0.15, -0.1) is 0 Å². The van der Waals surface area contributed by atoms with Crippen molar-refractivity contribution in [1.29, 1.82) is 0 Å². The maximum atomic E-state index is 12.4. The minimum Gasteiger partial charge on any atom is -0.457 e. The molecule has 3 N–H and O–H groups in total. The topological polar surface area (TPSA) is 117 Å². The highest BCUT2D eigenvalue weighted by Gasteiger charge is 2.25. The molecule has 0 radical (unpaired) electrons. The van der Waals surface area contributed by atoms with E-state index in [9.17, 15) is 14.3 Å². The number of carbonyl (C=O) groups excluding carboxylic acids is 1. The average molecular weight is 552 g/mol. The van der Waals surface area contributed by atoms with E-state index >= 15 is 0 Å². The lowest BCUT2D eigenvalue weighted by atomic mass is 10.1. The van der Waals surface area contributed by atoms with Gasteiger partial charge in [-0.2, -0.15) is 0 Å². The maximum Gasteiger partial charge on any atom is 0.472 e. The van der Waals surface area contributed by atoms with Crippen LogP contribution in [-0.2, 0) is 27.9 Å². The molecule has 0 amide bonds. The Bertz CT molecular complexity index is 551. The first kappa shape index (κ1) is 36.5. The summed E-state index contributed by atoms with van der Waals surface area (Å²) < 4.78 is 32.9. The van der Waals surface area contributed by atoms with Crippen LogP contribution in [0.5, 0.6) is 0 Å². The summed E-state index contributed by atoms with van der Waals surface area (Å²) in [6.45, 7) is 4.88. The minimum absolute atomic E-state index is 0.0914. The van der Waals surface area contributed by atoms with Gasteiger partial charge in [0.25, 0.3) is 0 Å². The number of phosphoric ester groups is 1. The fourth-order valence-electron chi connectivity index (χ4n) is 4.05. The van der Waals surface area contributed by atoms with Crippen LogP contribution in [0.15, 0.2) is 0 Å². The smallest absolute Gasteiger partial charge is 0.457 e. The van der Waals surface area contributed by atoms with E-state index in [1.165, 1.54) is 83.5 Å². The Morgan fingerprint density at radius 3 is 1.70 bits per heavy atom. The van der Waals surface area contributed by atoms with Crippen molar-refractivity contribution in [3.63, 3.8) is 0 Å². The lowest BCUT2D eigenvalue weighted by Gasteiger charge is -2.20. The van der Waals surface area contributed by atoms with Crippen molar-refractivity contribution in [2.24, 2.45) is 5.73 Å². The molecule has 0 aromatic carbocycles. The van der Waals surface area contributed by atoms with Gasteiger partial charge in [-0.1, -0.05) is 117 Å². The lowest BCUT2D eigenvalue weighted by molar-refractivity contribution is -0.154. The molecule has 0 aliphatic heterocycles. The molecule has 0 aliphatic carbocycles. The van der Waals surface area contributed by atoms with E-state index in [1.54, 1.807) is 0 Å². The zero-order valence-corrected chi connectivity index (χ0v) is 24.9. The molecule has 0 heterocycles. The van der Waals surface area contributed by atoms with Gasteiger partial charge in [0.15, 0.2) is 0 Å². The first-order valence-corrected chi connectivity index (χ1v) is 16.5. The monoisotopic (exact) mass is 551 g/mol. The molecule has 37 heavy (non-hydrogen) atoms. The van der Waals surface area contributed by atoms with Crippen molar-refractivity contribution in [1.82, 2.24) is 0 Å². The van der Waals surface area contributed by atoms with Crippen molar-refractivity contribution in [2.75, 3.05) is 33.0 Å². The molecule has 9 heteroatoms. The van der Waals surface area contributed by atoms with E-state index < -0.39 is 13.9 Å². The summed E-state index contributed by atoms with van der Waals surface area (Å²) in [5, 5.41) is 0. The van der Waals surface area contributed by atoms with Crippen molar-refractivity contribution in [2.45, 2.75) is 142 Å². The van der Waals surface area contributed by atoms with Gasteiger partial charge in [0, 0.05) is 19.6 Å². The molecule has 222 valence electrons. The number of nitrogens with two attached hydrogens (primary N) is 1. The van der Waals surface area contributed by atoms with Gasteiger partial charge in [-0.05, 0) is 12.8 Å². The molecule has 0 fully saturated rings. The second-order valence-corrected chi connectivity index (χ2v) is 11.4. The number of esters is 1. The first-order chi connectivity index (χ1) is 17.9. The van der Waals surface area contributed by atoms with Crippen LogP contribution >= 0.6 is 7.82 Å². The van der Waals surface area contributed by atoms with Crippen molar-refractivity contribution >= 4 is 13.8 Å². The SMILES string of the molecule is CCCCCCCCCCCCC(=O)OC(COCCCCCCCCCC)COP(=O)(O)OCCN. The highest BCUT2D eigenvalue weighted by atomic mass is 31.2. The zero-order valence-electron chi connectivity index (χ0n) is 24.0. The predicted molar refractivity (Wildman–Crippen MR) is 151 cm³/mol. The Morgan fingerprint density at radius 1 is 0.703 bits per heavy atom. The molecule has 2 atom stereocenters. The average Bonchev–Trinajstić information content (AvgIpc) is 2.88. The Kier molecular flexibility index (Phi) is 26.7. The quantitative estimate of drug-likeness (QED) is 0.0559. The zero-order chi connectivity index (χ0) is 27.5. The highest BCUT2D eigenvalue weighted by Crippen LogP contribution is 2.43. The number of phosphoric acid groups is 1. The molecule has 0 rings (SSSR count). The molecule has 0 aromatic heterocycles. The largest absolute Gasteiger partial charge is 0.472 e. The normalized spacial score (nSPS) is 13.9. The Balaban J connectivity index is 4.18. The van der Waals surface area contributed by atoms with Gasteiger partial charge in [-0.3, -0.25) is 13.8 Å². The summed E-state index contributed by atoms with van der Waals surface area (Å²) in [6.07, 6.45) is 21.1. The third-order valence-corrected chi connectivity index (χ3v) is 7.26. The van der Waals surface area contributed by atoms with Crippen molar-refractivity contribution < 1.29 is 32.8 Å². The predicted octanol–water partition coefficient (Wildman–Crippen LogP) is 7.46. The van der Waals surface area contributed by atoms with Gasteiger partial charge in [0.1, 0.15) is 6.10 Å². The van der Waals surface area contributed by atoms with E-state index in [4.69, 9.17) is 24.3 Å². The molecule has 0 saturated carbocycles. The molecule has 0 aliphatic rings. The summed E-state index contributed by atoms with van der Waals surface area (Å²) in [4.78, 5) is 22.1. The summed E-state index contributed by atoms with van der Waals surface area (Å²) in [6, 6.07) is 0. The fourth-order valence-corrected chi connectivity index (χ4v) is 4.82. The van der Waals surface area contributed by atoms with Crippen LogP contribution in [0, 0.1) is 0 Å². The Labute approximate surface area is 227 Å². The second kappa shape index (κ2) is 27.1. The fraction of sp³-hybridized carbons (Fsp3) is 0.964. The van der Waals surface area contributed by atoms with E-state index in [2.05, 4.69) is 13.8 Å². The van der Waals surface area contributed by atoms with Gasteiger partial charge in [-0.25, -0.2) is 4.57 Å². The summed E-state index contributed by atoms with van der Waals surface area (Å²) in [5.74, 6) is -0.334. The molecular weight excluding hydrogens is 493 g/mol. The molecule has 8 nitrogen and oxygen atoms in total. The maximum absolute atomic E-state index is 12.4. The third kappa shape index (κ3) is 26.9. The molecule has 0 aromatic rings. The lowest BCUT2D eigenvalue weighted by Crippen LogP contribution is -2.28. The van der Waals surface area contributed by atoms with E-state index in [1.807, 2.05) is 0 Å². The van der Waals surface area contributed by atoms with Crippen LogP contribution < -0.4 is 5.73 Å². The van der Waals surface area contributed by atoms with E-state index in [-0.39, 0.29) is 32.3 Å². The van der Waals surface area contributed by atoms with Crippen LogP contribution in [0.25, 0.3) is 0 Å². The number of rotatable bonds is 29. The van der Waals surface area contributed by atoms with E-state index in [0.29, 0.717) is 13.0 Å². The molecule has 2 unspecified atom stereocenters. The van der Waals surface area contributed by atoms with Crippen LogP contribution in [0.2, 0.25) is 0 Å². The molecule has 0 bridgehead atoms. The van der Waals surface area contributed by atoms with Crippen LogP contribution in [0.3, 0.4) is 0 Å². The van der Waals surface area contributed by atoms with Crippen LogP contribution in [0.1, 0.15) is 136 Å². The van der Waals surface area contributed by atoms with E-state index in [0.717, 1.165) is 32.1 Å². The van der Waals surface area contributed by atoms with Crippen LogP contribution in [0.4, 0.5) is 0 Å². The highest BCUT2D eigenvalue weighted by molar-refractivity contribution is 7.47. The number of hydrogen-bond acceptors (Lipinski definition) is 7. The second-order valence-electron chi connectivity index (χ2n) is 9.98. The van der Waals surface area contributed by atoms with Gasteiger partial charge >= 0.3 is 13.8 Å². The van der Waals surface area contributed by atoms with Crippen molar-refractivity contribution in [3.8, 4) is 0 Å². The van der Waals surface area contributed by atoms with Gasteiger partial charge in [0.05, 0.1) is 19.8 Å². The van der Waals surface area contributed by atoms with Crippen LogP contribution in [-0.4, -0.2) is 49.9 Å². The number of hydrogen-bond donors (Lipinski definition) is 2. The Morgan fingerprint density at radius 2 is 1.19 bits per heavy atom. The summed E-state index contributed by atoms with van der Waals surface area (Å²) in [5.41, 5.74) is 5.31. The number of carbonyl (C=O) groups is 1. The third-order valence-electron chi connectivity index (χ3n) is 6.27. The van der Waals surface area contributed by atoms with Gasteiger partial charge in [0.2, 0.25) is 0 Å². The standard InChI is InChI=1S/C28H58NO7P/c1-3-5-7-9-11-13-14-15-17-19-21-28(30)36-27(26-35-37(31,32)34-24-22-29)25-33-23-20-18-16-12-10-8-6-4-2/h27H,3-26,29H2,1-2H3,(H,31,32). The van der Waals surface area contributed by atoms with Crippen molar-refractivity contribution in [3.05, 3.63) is 0 Å².